The molecule has 0 radical (unpaired) electrons. The lowest BCUT2D eigenvalue weighted by molar-refractivity contribution is 0.594. The normalized spacial score (nSPS) is 11.3. The molecule has 0 saturated heterocycles. The first-order valence-corrected chi connectivity index (χ1v) is 9.34. The zero-order chi connectivity index (χ0) is 18.0. The SMILES string of the molecule is Cc1ccc(N)cc1-c1ccc(S(=O)(=O)N(C)c2ccccc2)cc1. The molecule has 4 nitrogen and oxygen atoms in total. The number of nitrogen functional groups attached to an aromatic ring is 1. The number of nitrogens with zero attached hydrogens (tertiary/aromatic N) is 1. The van der Waals surface area contributed by atoms with Gasteiger partial charge < -0.3 is 5.73 Å². The van der Waals surface area contributed by atoms with E-state index < -0.39 is 10.0 Å². The Hall–Kier alpha value is -2.79. The van der Waals surface area contributed by atoms with Crippen molar-refractivity contribution in [2.75, 3.05) is 17.1 Å². The van der Waals surface area contributed by atoms with Crippen molar-refractivity contribution in [1.82, 2.24) is 0 Å². The summed E-state index contributed by atoms with van der Waals surface area (Å²) in [5, 5.41) is 0. The summed E-state index contributed by atoms with van der Waals surface area (Å²) in [7, 11) is -2.04. The van der Waals surface area contributed by atoms with Crippen molar-refractivity contribution in [3.8, 4) is 11.1 Å². The monoisotopic (exact) mass is 352 g/mol. The van der Waals surface area contributed by atoms with Gasteiger partial charge in [-0.25, -0.2) is 8.42 Å². The van der Waals surface area contributed by atoms with Crippen LogP contribution < -0.4 is 10.0 Å². The molecular formula is C20H20N2O2S. The molecular weight excluding hydrogens is 332 g/mol. The lowest BCUT2D eigenvalue weighted by Gasteiger charge is -2.19. The van der Waals surface area contributed by atoms with Crippen LogP contribution in [0.15, 0.2) is 77.7 Å². The van der Waals surface area contributed by atoms with Crippen molar-refractivity contribution in [2.45, 2.75) is 11.8 Å². The molecule has 3 rings (SSSR count). The number of benzene rings is 3. The van der Waals surface area contributed by atoms with Crippen LogP contribution in [0, 0.1) is 6.92 Å². The highest BCUT2D eigenvalue weighted by atomic mass is 32.2. The van der Waals surface area contributed by atoms with Gasteiger partial charge >= 0.3 is 0 Å². The fourth-order valence-electron chi connectivity index (χ4n) is 2.69. The number of nitrogens with two attached hydrogens (primary N) is 1. The van der Waals surface area contributed by atoms with E-state index in [9.17, 15) is 8.42 Å². The van der Waals surface area contributed by atoms with Crippen LogP contribution in [-0.2, 0) is 10.0 Å². The van der Waals surface area contributed by atoms with Crippen molar-refractivity contribution in [3.05, 3.63) is 78.4 Å². The second-order valence-electron chi connectivity index (χ2n) is 5.91. The van der Waals surface area contributed by atoms with Crippen molar-refractivity contribution in [3.63, 3.8) is 0 Å². The maximum absolute atomic E-state index is 12.8. The Bertz CT molecular complexity index is 982. The average Bonchev–Trinajstić information content (AvgIpc) is 2.64. The van der Waals surface area contributed by atoms with Crippen LogP contribution in [-0.4, -0.2) is 15.5 Å². The third-order valence-electron chi connectivity index (χ3n) is 4.21. The van der Waals surface area contributed by atoms with Gasteiger partial charge in [0, 0.05) is 12.7 Å². The molecule has 2 N–H and O–H groups in total. The van der Waals surface area contributed by atoms with Crippen LogP contribution in [0.2, 0.25) is 0 Å². The first-order valence-electron chi connectivity index (χ1n) is 7.90. The second kappa shape index (κ2) is 6.61. The predicted molar refractivity (Wildman–Crippen MR) is 103 cm³/mol. The fraction of sp³-hybridized carbons (Fsp3) is 0.100. The van der Waals surface area contributed by atoms with E-state index in [0.717, 1.165) is 16.7 Å². The van der Waals surface area contributed by atoms with E-state index in [0.29, 0.717) is 11.4 Å². The highest BCUT2D eigenvalue weighted by Crippen LogP contribution is 2.28. The first kappa shape index (κ1) is 17.0. The molecule has 0 bridgehead atoms. The van der Waals surface area contributed by atoms with Gasteiger partial charge in [0.1, 0.15) is 0 Å². The van der Waals surface area contributed by atoms with Gasteiger partial charge in [-0.2, -0.15) is 0 Å². The molecule has 0 aliphatic carbocycles. The van der Waals surface area contributed by atoms with Crippen LogP contribution in [0.3, 0.4) is 0 Å². The minimum Gasteiger partial charge on any atom is -0.399 e. The lowest BCUT2D eigenvalue weighted by Crippen LogP contribution is -2.26. The summed E-state index contributed by atoms with van der Waals surface area (Å²) in [5.41, 5.74) is 10.2. The van der Waals surface area contributed by atoms with Gasteiger partial charge in [-0.3, -0.25) is 4.31 Å². The molecule has 3 aromatic carbocycles. The Morgan fingerprint density at radius 2 is 1.52 bits per heavy atom. The van der Waals surface area contributed by atoms with Crippen LogP contribution in [0.1, 0.15) is 5.56 Å². The zero-order valence-corrected chi connectivity index (χ0v) is 15.0. The number of hydrogen-bond acceptors (Lipinski definition) is 3. The summed E-state index contributed by atoms with van der Waals surface area (Å²) in [4.78, 5) is 0.254. The van der Waals surface area contributed by atoms with Crippen molar-refractivity contribution >= 4 is 21.4 Å². The number of anilines is 2. The van der Waals surface area contributed by atoms with Crippen molar-refractivity contribution in [1.29, 1.82) is 0 Å². The van der Waals surface area contributed by atoms with Gasteiger partial charge in [0.25, 0.3) is 10.0 Å². The van der Waals surface area contributed by atoms with Crippen molar-refractivity contribution in [2.24, 2.45) is 0 Å². The Kier molecular flexibility index (Phi) is 4.51. The highest BCUT2D eigenvalue weighted by Gasteiger charge is 2.21. The molecule has 0 amide bonds. The van der Waals surface area contributed by atoms with E-state index in [-0.39, 0.29) is 4.90 Å². The van der Waals surface area contributed by atoms with Gasteiger partial charge in [0.05, 0.1) is 10.6 Å². The van der Waals surface area contributed by atoms with Crippen LogP contribution in [0.25, 0.3) is 11.1 Å². The molecule has 0 aliphatic rings. The van der Waals surface area contributed by atoms with Gasteiger partial charge in [0.2, 0.25) is 0 Å². The molecule has 0 saturated carbocycles. The molecule has 25 heavy (non-hydrogen) atoms. The van der Waals surface area contributed by atoms with Crippen LogP contribution in [0.5, 0.6) is 0 Å². The van der Waals surface area contributed by atoms with Gasteiger partial charge in [-0.05, 0) is 60.0 Å². The summed E-state index contributed by atoms with van der Waals surface area (Å²) in [6, 6.07) is 21.6. The van der Waals surface area contributed by atoms with E-state index in [1.165, 1.54) is 4.31 Å². The van der Waals surface area contributed by atoms with E-state index in [1.54, 1.807) is 31.3 Å². The van der Waals surface area contributed by atoms with E-state index in [4.69, 9.17) is 5.73 Å². The standard InChI is InChI=1S/C20H20N2O2S/c1-15-8-11-17(21)14-20(15)16-9-12-19(13-10-16)25(23,24)22(2)18-6-4-3-5-7-18/h3-14H,21H2,1-2H3. The number of rotatable bonds is 4. The lowest BCUT2D eigenvalue weighted by atomic mass is 10.0. The molecule has 128 valence electrons. The molecule has 0 heterocycles. The largest absolute Gasteiger partial charge is 0.399 e. The number of para-hydroxylation sites is 1. The molecule has 0 atom stereocenters. The Balaban J connectivity index is 1.95. The van der Waals surface area contributed by atoms with Gasteiger partial charge in [0.15, 0.2) is 0 Å². The Morgan fingerprint density at radius 1 is 0.880 bits per heavy atom. The predicted octanol–water partition coefficient (Wildman–Crippen LogP) is 4.07. The molecule has 0 spiro atoms. The van der Waals surface area contributed by atoms with Crippen LogP contribution >= 0.6 is 0 Å². The van der Waals surface area contributed by atoms with Crippen molar-refractivity contribution < 1.29 is 8.42 Å². The summed E-state index contributed by atoms with van der Waals surface area (Å²) >= 11 is 0. The number of hydrogen-bond donors (Lipinski definition) is 1. The highest BCUT2D eigenvalue weighted by molar-refractivity contribution is 7.92. The third-order valence-corrected chi connectivity index (χ3v) is 6.00. The maximum atomic E-state index is 12.8. The average molecular weight is 352 g/mol. The smallest absolute Gasteiger partial charge is 0.264 e. The Morgan fingerprint density at radius 3 is 2.16 bits per heavy atom. The fourth-order valence-corrected chi connectivity index (χ4v) is 3.89. The summed E-state index contributed by atoms with van der Waals surface area (Å²) < 4.78 is 26.9. The van der Waals surface area contributed by atoms with Gasteiger partial charge in [-0.15, -0.1) is 0 Å². The van der Waals surface area contributed by atoms with Crippen LogP contribution in [0.4, 0.5) is 11.4 Å². The first-order chi connectivity index (χ1) is 11.9. The quantitative estimate of drug-likeness (QED) is 0.720. The minimum atomic E-state index is -3.60. The summed E-state index contributed by atoms with van der Waals surface area (Å²) in [6.45, 7) is 2.00. The molecule has 0 fully saturated rings. The van der Waals surface area contributed by atoms with E-state index in [1.807, 2.05) is 55.5 Å². The molecule has 0 aliphatic heterocycles. The molecule has 5 heteroatoms. The minimum absolute atomic E-state index is 0.254. The van der Waals surface area contributed by atoms with E-state index >= 15 is 0 Å². The summed E-state index contributed by atoms with van der Waals surface area (Å²) in [6.07, 6.45) is 0. The summed E-state index contributed by atoms with van der Waals surface area (Å²) in [5.74, 6) is 0. The third kappa shape index (κ3) is 3.37. The van der Waals surface area contributed by atoms with Gasteiger partial charge in [-0.1, -0.05) is 36.4 Å². The number of aryl methyl sites for hydroxylation is 1. The number of sulfonamides is 1. The maximum Gasteiger partial charge on any atom is 0.264 e. The Labute approximate surface area is 148 Å². The molecule has 3 aromatic rings. The second-order valence-corrected chi connectivity index (χ2v) is 7.88. The zero-order valence-electron chi connectivity index (χ0n) is 14.2. The topological polar surface area (TPSA) is 63.4 Å². The molecule has 0 aromatic heterocycles. The molecule has 0 unspecified atom stereocenters. The van der Waals surface area contributed by atoms with E-state index in [2.05, 4.69) is 0 Å².